The topological polar surface area (TPSA) is 23.0 Å². The molecule has 0 aliphatic heterocycles. The maximum Gasteiger partial charge on any atom is 0.143 e. The number of furan rings is 1. The molecule has 1 aliphatic carbocycles. The van der Waals surface area contributed by atoms with Crippen LogP contribution in [0.15, 0.2) is 259 Å². The lowest BCUT2D eigenvalue weighted by atomic mass is 9.70. The molecule has 12 aromatic carbocycles. The molecule has 1 aliphatic rings. The maximum atomic E-state index is 6.47. The van der Waals surface area contributed by atoms with Crippen LogP contribution in [0.1, 0.15) is 126 Å². The van der Waals surface area contributed by atoms with Crippen LogP contribution in [0.5, 0.6) is 0 Å². The van der Waals surface area contributed by atoms with Crippen LogP contribution >= 0.6 is 0 Å². The minimum absolute atomic E-state index is 0.0758. The highest BCUT2D eigenvalue weighted by Gasteiger charge is 2.43. The zero-order chi connectivity index (χ0) is 63.3. The number of hydrogen-bond acceptors (Lipinski definition) is 1. The van der Waals surface area contributed by atoms with Gasteiger partial charge >= 0.3 is 0 Å². The van der Waals surface area contributed by atoms with Gasteiger partial charge in [0.15, 0.2) is 0 Å². The SMILES string of the molecule is CCCCCCCCC1(CCCCCCCC)c2cc(-c3ccc(-c4ccc(C)cc4)cc3)ccc2-c2ccc(-c3cc(C)cc(-n4c5ccccc5c5cc(-c6ccc7c(c6)c6ccccc6n7-c6ccc(-c7cccc8c7oc7ccccc78)cc6)ccc54)c3)cc21. The Morgan fingerprint density at radius 2 is 0.734 bits per heavy atom. The number of rotatable bonds is 21. The van der Waals surface area contributed by atoms with E-state index in [4.69, 9.17) is 4.42 Å². The molecule has 0 fully saturated rings. The summed E-state index contributed by atoms with van der Waals surface area (Å²) < 4.78 is 11.4. The van der Waals surface area contributed by atoms with Crippen LogP contribution in [0.4, 0.5) is 0 Å². The van der Waals surface area contributed by atoms with Crippen molar-refractivity contribution in [2.45, 2.75) is 123 Å². The number of aromatic nitrogens is 2. The highest BCUT2D eigenvalue weighted by Crippen LogP contribution is 2.56. The van der Waals surface area contributed by atoms with Gasteiger partial charge in [0.2, 0.25) is 0 Å². The smallest absolute Gasteiger partial charge is 0.143 e. The summed E-state index contributed by atoms with van der Waals surface area (Å²) in [6.07, 6.45) is 17.9. The van der Waals surface area contributed by atoms with Gasteiger partial charge in [-0.3, -0.25) is 0 Å². The van der Waals surface area contributed by atoms with Gasteiger partial charge in [-0.25, -0.2) is 0 Å². The van der Waals surface area contributed by atoms with Crippen molar-refractivity contribution in [3.05, 3.63) is 277 Å². The Hall–Kier alpha value is -9.96. The van der Waals surface area contributed by atoms with Gasteiger partial charge in [-0.05, 0) is 183 Å². The summed E-state index contributed by atoms with van der Waals surface area (Å²) in [6.45, 7) is 9.11. The quantitative estimate of drug-likeness (QED) is 0.0658. The molecule has 3 heterocycles. The average Bonchev–Trinajstić information content (AvgIpc) is 1.57. The first-order chi connectivity index (χ1) is 46.3. The molecule has 3 heteroatoms. The second kappa shape index (κ2) is 25.2. The van der Waals surface area contributed by atoms with Crippen molar-refractivity contribution >= 4 is 65.6 Å². The van der Waals surface area contributed by atoms with E-state index in [0.29, 0.717) is 0 Å². The van der Waals surface area contributed by atoms with Crippen LogP contribution in [0.3, 0.4) is 0 Å². The number of para-hydroxylation sites is 4. The van der Waals surface area contributed by atoms with Crippen molar-refractivity contribution in [3.63, 3.8) is 0 Å². The Morgan fingerprint density at radius 3 is 1.33 bits per heavy atom. The lowest BCUT2D eigenvalue weighted by Crippen LogP contribution is -2.25. The van der Waals surface area contributed by atoms with E-state index in [-0.39, 0.29) is 5.41 Å². The zero-order valence-electron chi connectivity index (χ0n) is 55.0. The molecule has 0 N–H and O–H groups in total. The molecule has 0 bridgehead atoms. The van der Waals surface area contributed by atoms with Gasteiger partial charge in [-0.1, -0.05) is 272 Å². The number of benzene rings is 12. The van der Waals surface area contributed by atoms with Gasteiger partial charge in [-0.15, -0.1) is 0 Å². The van der Waals surface area contributed by atoms with E-state index in [9.17, 15) is 0 Å². The third kappa shape index (κ3) is 10.6. The number of unbranched alkanes of at least 4 members (excludes halogenated alkanes) is 10. The fraction of sp³-hybridized carbons (Fsp3) is 0.209. The van der Waals surface area contributed by atoms with Crippen LogP contribution in [0, 0.1) is 13.8 Å². The van der Waals surface area contributed by atoms with E-state index in [2.05, 4.69) is 286 Å². The molecule has 94 heavy (non-hydrogen) atoms. The fourth-order valence-electron chi connectivity index (χ4n) is 16.2. The molecule has 15 aromatic rings. The molecule has 462 valence electrons. The van der Waals surface area contributed by atoms with Crippen molar-refractivity contribution in [2.75, 3.05) is 0 Å². The third-order valence-electron chi connectivity index (χ3n) is 21.1. The molecule has 0 spiro atoms. The van der Waals surface area contributed by atoms with Crippen molar-refractivity contribution < 1.29 is 4.42 Å². The minimum atomic E-state index is -0.0758. The summed E-state index contributed by atoms with van der Waals surface area (Å²) in [5.41, 5.74) is 29.7. The highest BCUT2D eigenvalue weighted by molar-refractivity contribution is 6.13. The van der Waals surface area contributed by atoms with E-state index in [0.717, 1.165) is 38.8 Å². The number of nitrogens with zero attached hydrogens (tertiary/aromatic N) is 2. The average molecular weight is 1220 g/mol. The molecular weight excluding hydrogens is 1140 g/mol. The van der Waals surface area contributed by atoms with Gasteiger partial charge < -0.3 is 13.6 Å². The Kier molecular flexibility index (Phi) is 15.8. The molecule has 0 atom stereocenters. The molecule has 3 nitrogen and oxygen atoms in total. The largest absolute Gasteiger partial charge is 0.455 e. The lowest BCUT2D eigenvalue weighted by Gasteiger charge is -2.33. The van der Waals surface area contributed by atoms with Gasteiger partial charge in [0, 0.05) is 54.7 Å². The molecule has 0 radical (unpaired) electrons. The molecule has 0 saturated carbocycles. The number of aryl methyl sites for hydroxylation is 2. The fourth-order valence-corrected chi connectivity index (χ4v) is 16.2. The summed E-state index contributed by atoms with van der Waals surface area (Å²) in [5.74, 6) is 0. The van der Waals surface area contributed by atoms with Gasteiger partial charge in [0.05, 0.1) is 22.1 Å². The van der Waals surface area contributed by atoms with Crippen molar-refractivity contribution in [1.82, 2.24) is 9.13 Å². The van der Waals surface area contributed by atoms with Gasteiger partial charge in [0.1, 0.15) is 11.2 Å². The Labute approximate surface area is 554 Å². The summed E-state index contributed by atoms with van der Waals surface area (Å²) in [7, 11) is 0. The Balaban J connectivity index is 0.750. The summed E-state index contributed by atoms with van der Waals surface area (Å²) in [6, 6.07) is 96.4. The first-order valence-corrected chi connectivity index (χ1v) is 35.0. The summed E-state index contributed by atoms with van der Waals surface area (Å²) >= 11 is 0. The number of fused-ring (bicyclic) bond motifs is 12. The molecular formula is C91H82N2O. The van der Waals surface area contributed by atoms with E-state index >= 15 is 0 Å². The highest BCUT2D eigenvalue weighted by atomic mass is 16.3. The molecule has 0 saturated heterocycles. The van der Waals surface area contributed by atoms with Crippen LogP contribution < -0.4 is 0 Å². The molecule has 3 aromatic heterocycles. The molecule has 0 amide bonds. The molecule has 0 unspecified atom stereocenters. The van der Waals surface area contributed by atoms with E-state index in [1.807, 2.05) is 6.07 Å². The van der Waals surface area contributed by atoms with E-state index in [1.165, 1.54) is 212 Å². The van der Waals surface area contributed by atoms with Gasteiger partial charge in [0.25, 0.3) is 0 Å². The second-order valence-corrected chi connectivity index (χ2v) is 27.1. The second-order valence-electron chi connectivity index (χ2n) is 27.1. The van der Waals surface area contributed by atoms with Crippen molar-refractivity contribution in [1.29, 1.82) is 0 Å². The van der Waals surface area contributed by atoms with E-state index < -0.39 is 0 Å². The summed E-state index contributed by atoms with van der Waals surface area (Å²) in [5, 5.41) is 7.27. The molecule has 16 rings (SSSR count). The summed E-state index contributed by atoms with van der Waals surface area (Å²) in [4.78, 5) is 0. The first-order valence-electron chi connectivity index (χ1n) is 35.0. The van der Waals surface area contributed by atoms with Crippen molar-refractivity contribution in [3.8, 4) is 78.1 Å². The minimum Gasteiger partial charge on any atom is -0.455 e. The van der Waals surface area contributed by atoms with Crippen molar-refractivity contribution in [2.24, 2.45) is 0 Å². The van der Waals surface area contributed by atoms with Crippen LogP contribution in [-0.2, 0) is 5.41 Å². The van der Waals surface area contributed by atoms with Gasteiger partial charge in [-0.2, -0.15) is 0 Å². The zero-order valence-corrected chi connectivity index (χ0v) is 55.0. The van der Waals surface area contributed by atoms with Crippen LogP contribution in [0.25, 0.3) is 144 Å². The third-order valence-corrected chi connectivity index (χ3v) is 21.1. The monoisotopic (exact) mass is 1220 g/mol. The lowest BCUT2D eigenvalue weighted by molar-refractivity contribution is 0.398. The standard InChI is InChI=1S/C91H82N2O/c1-5-7-9-11-13-21-52-91(53-22-14-12-10-8-6-2)83-59-69(65-38-36-64(37-39-65)63-34-32-61(3)33-35-63)42-48-75(83)76-49-43-70(60-84(76)91)71-54-62(4)55-73(56-71)93-86-30-19-16-25-78(86)82-58-68(45-51-88(82)93)67-44-50-87-81(57-67)77-24-15-18-29-85(77)92(87)72-46-40-66(41-47-72)74-27-23-28-80-79-26-17-20-31-89(79)94-90(74)80/h15-20,23-51,54-60H,5-14,21-22,52-53H2,1-4H3. The normalized spacial score (nSPS) is 12.7. The first kappa shape index (κ1) is 59.1. The van der Waals surface area contributed by atoms with Crippen LogP contribution in [0.2, 0.25) is 0 Å². The van der Waals surface area contributed by atoms with E-state index in [1.54, 1.807) is 5.56 Å². The number of hydrogen-bond donors (Lipinski definition) is 0. The Bertz CT molecular complexity index is 5280. The Morgan fingerprint density at radius 1 is 0.287 bits per heavy atom. The predicted octanol–water partition coefficient (Wildman–Crippen LogP) is 26.5. The maximum absolute atomic E-state index is 6.47. The van der Waals surface area contributed by atoms with Crippen LogP contribution in [-0.4, -0.2) is 9.13 Å². The predicted molar refractivity (Wildman–Crippen MR) is 401 cm³/mol.